The minimum atomic E-state index is -0.0838. The smallest absolute Gasteiger partial charge is 0.227 e. The van der Waals surface area contributed by atoms with E-state index >= 15 is 0 Å². The lowest BCUT2D eigenvalue weighted by atomic mass is 10.2. The summed E-state index contributed by atoms with van der Waals surface area (Å²) in [6, 6.07) is 25.3. The van der Waals surface area contributed by atoms with Gasteiger partial charge in [-0.1, -0.05) is 42.5 Å². The van der Waals surface area contributed by atoms with Crippen molar-refractivity contribution in [2.45, 2.75) is 6.42 Å². The average Bonchev–Trinajstić information content (AvgIpc) is 3.13. The van der Waals surface area contributed by atoms with Crippen molar-refractivity contribution in [3.8, 4) is 16.3 Å². The zero-order valence-electron chi connectivity index (χ0n) is 14.6. The number of anilines is 1. The van der Waals surface area contributed by atoms with E-state index < -0.39 is 0 Å². The first-order valence-electron chi connectivity index (χ1n) is 8.72. The molecule has 0 aliphatic rings. The van der Waals surface area contributed by atoms with Crippen molar-refractivity contribution >= 4 is 33.1 Å². The quantitative estimate of drug-likeness (QED) is 0.493. The van der Waals surface area contributed by atoms with Gasteiger partial charge in [-0.15, -0.1) is 11.3 Å². The molecule has 1 amide bonds. The summed E-state index contributed by atoms with van der Waals surface area (Å²) in [4.78, 5) is 17.0. The number of carbonyl (C=O) groups is 1. The SMILES string of the molecule is O=C(CCOc1ccccc1)Nc1ccccc1-c1nc2ccccc2s1. The summed E-state index contributed by atoms with van der Waals surface area (Å²) in [5, 5.41) is 3.88. The summed E-state index contributed by atoms with van der Waals surface area (Å²) in [5.74, 6) is 0.680. The molecule has 5 heteroatoms. The molecule has 0 saturated carbocycles. The third kappa shape index (κ3) is 4.15. The molecule has 0 unspecified atom stereocenters. The summed E-state index contributed by atoms with van der Waals surface area (Å²) in [7, 11) is 0. The van der Waals surface area contributed by atoms with Crippen LogP contribution in [0.3, 0.4) is 0 Å². The first-order valence-corrected chi connectivity index (χ1v) is 9.54. The molecule has 0 fully saturated rings. The monoisotopic (exact) mass is 374 g/mol. The number of thiazole rings is 1. The van der Waals surface area contributed by atoms with E-state index in [-0.39, 0.29) is 12.3 Å². The first-order chi connectivity index (χ1) is 13.3. The number of nitrogens with zero attached hydrogens (tertiary/aromatic N) is 1. The Kier molecular flexibility index (Phi) is 5.12. The van der Waals surface area contributed by atoms with E-state index in [2.05, 4.69) is 11.4 Å². The number of carbonyl (C=O) groups excluding carboxylic acids is 1. The molecule has 0 spiro atoms. The Hall–Kier alpha value is -3.18. The number of para-hydroxylation sites is 3. The molecule has 0 bridgehead atoms. The predicted octanol–water partition coefficient (Wildman–Crippen LogP) is 5.37. The first kappa shape index (κ1) is 17.2. The number of nitrogens with one attached hydrogen (secondary N) is 1. The highest BCUT2D eigenvalue weighted by molar-refractivity contribution is 7.21. The Morgan fingerprint density at radius 2 is 1.67 bits per heavy atom. The van der Waals surface area contributed by atoms with Crippen LogP contribution in [-0.2, 0) is 4.79 Å². The second-order valence-corrected chi connectivity index (χ2v) is 7.02. The normalized spacial score (nSPS) is 10.7. The van der Waals surface area contributed by atoms with Crippen molar-refractivity contribution in [2.75, 3.05) is 11.9 Å². The van der Waals surface area contributed by atoms with Crippen molar-refractivity contribution in [2.24, 2.45) is 0 Å². The zero-order valence-corrected chi connectivity index (χ0v) is 15.4. The van der Waals surface area contributed by atoms with Gasteiger partial charge in [-0.25, -0.2) is 4.98 Å². The van der Waals surface area contributed by atoms with E-state index in [4.69, 9.17) is 9.72 Å². The van der Waals surface area contributed by atoms with Crippen LogP contribution in [0.2, 0.25) is 0 Å². The van der Waals surface area contributed by atoms with Crippen molar-refractivity contribution in [1.29, 1.82) is 0 Å². The van der Waals surface area contributed by atoms with Gasteiger partial charge in [0.25, 0.3) is 0 Å². The lowest BCUT2D eigenvalue weighted by Gasteiger charge is -2.10. The van der Waals surface area contributed by atoms with Crippen LogP contribution in [0, 0.1) is 0 Å². The molecule has 1 aromatic heterocycles. The van der Waals surface area contributed by atoms with E-state index in [1.165, 1.54) is 0 Å². The second-order valence-electron chi connectivity index (χ2n) is 5.99. The molecule has 3 aromatic carbocycles. The molecule has 1 heterocycles. The fraction of sp³-hybridized carbons (Fsp3) is 0.0909. The van der Waals surface area contributed by atoms with Gasteiger partial charge in [-0.05, 0) is 36.4 Å². The van der Waals surface area contributed by atoms with Gasteiger partial charge in [0, 0.05) is 5.56 Å². The molecule has 1 N–H and O–H groups in total. The molecular formula is C22H18N2O2S. The van der Waals surface area contributed by atoms with Crippen molar-refractivity contribution < 1.29 is 9.53 Å². The van der Waals surface area contributed by atoms with Crippen LogP contribution in [0.15, 0.2) is 78.9 Å². The molecule has 4 aromatic rings. The molecule has 134 valence electrons. The standard InChI is InChI=1S/C22H18N2O2S/c25-21(14-15-26-16-8-2-1-3-9-16)23-18-11-5-4-10-17(18)22-24-19-12-6-7-13-20(19)27-22/h1-13H,14-15H2,(H,23,25). The average molecular weight is 374 g/mol. The molecule has 27 heavy (non-hydrogen) atoms. The molecule has 0 aliphatic heterocycles. The number of hydrogen-bond acceptors (Lipinski definition) is 4. The summed E-state index contributed by atoms with van der Waals surface area (Å²) in [6.45, 7) is 0.332. The van der Waals surface area contributed by atoms with E-state index in [1.807, 2.05) is 72.8 Å². The van der Waals surface area contributed by atoms with Crippen LogP contribution >= 0.6 is 11.3 Å². The van der Waals surface area contributed by atoms with Gasteiger partial charge in [0.2, 0.25) is 5.91 Å². The topological polar surface area (TPSA) is 51.2 Å². The van der Waals surface area contributed by atoms with E-state index in [0.717, 1.165) is 32.2 Å². The van der Waals surface area contributed by atoms with Crippen LogP contribution in [0.1, 0.15) is 6.42 Å². The van der Waals surface area contributed by atoms with Gasteiger partial charge in [0.05, 0.1) is 28.9 Å². The molecule has 0 aliphatic carbocycles. The maximum absolute atomic E-state index is 12.4. The third-order valence-electron chi connectivity index (χ3n) is 4.07. The van der Waals surface area contributed by atoms with Crippen LogP contribution in [-0.4, -0.2) is 17.5 Å². The predicted molar refractivity (Wildman–Crippen MR) is 110 cm³/mol. The van der Waals surface area contributed by atoms with E-state index in [1.54, 1.807) is 11.3 Å². The van der Waals surface area contributed by atoms with Crippen molar-refractivity contribution in [1.82, 2.24) is 4.98 Å². The fourth-order valence-electron chi connectivity index (χ4n) is 2.76. The molecule has 4 nitrogen and oxygen atoms in total. The van der Waals surface area contributed by atoms with Gasteiger partial charge in [0.1, 0.15) is 10.8 Å². The van der Waals surface area contributed by atoms with Gasteiger partial charge >= 0.3 is 0 Å². The summed E-state index contributed by atoms with van der Waals surface area (Å²) in [6.07, 6.45) is 0.281. The maximum atomic E-state index is 12.4. The fourth-order valence-corrected chi connectivity index (χ4v) is 3.76. The Bertz CT molecular complexity index is 1030. The number of fused-ring (bicyclic) bond motifs is 1. The Morgan fingerprint density at radius 1 is 0.926 bits per heavy atom. The summed E-state index contributed by atoms with van der Waals surface area (Å²) >= 11 is 1.62. The molecule has 0 atom stereocenters. The second kappa shape index (κ2) is 8.01. The van der Waals surface area contributed by atoms with Gasteiger partial charge in [0.15, 0.2) is 0 Å². The Labute approximate surface area is 161 Å². The Balaban J connectivity index is 1.45. The van der Waals surface area contributed by atoms with Crippen molar-refractivity contribution in [3.05, 3.63) is 78.9 Å². The molecule has 4 rings (SSSR count). The minimum Gasteiger partial charge on any atom is -0.493 e. The molecular weight excluding hydrogens is 356 g/mol. The third-order valence-corrected chi connectivity index (χ3v) is 5.14. The van der Waals surface area contributed by atoms with Crippen LogP contribution in [0.5, 0.6) is 5.75 Å². The highest BCUT2D eigenvalue weighted by atomic mass is 32.1. The maximum Gasteiger partial charge on any atom is 0.227 e. The summed E-state index contributed by atoms with van der Waals surface area (Å²) < 4.78 is 6.73. The van der Waals surface area contributed by atoms with Gasteiger partial charge < -0.3 is 10.1 Å². The lowest BCUT2D eigenvalue weighted by molar-refractivity contribution is -0.116. The highest BCUT2D eigenvalue weighted by Crippen LogP contribution is 2.34. The summed E-state index contributed by atoms with van der Waals surface area (Å²) in [5.41, 5.74) is 2.66. The Morgan fingerprint density at radius 3 is 2.52 bits per heavy atom. The number of benzene rings is 3. The number of aromatic nitrogens is 1. The van der Waals surface area contributed by atoms with Crippen molar-refractivity contribution in [3.63, 3.8) is 0 Å². The lowest BCUT2D eigenvalue weighted by Crippen LogP contribution is -2.15. The van der Waals surface area contributed by atoms with Crippen LogP contribution < -0.4 is 10.1 Å². The van der Waals surface area contributed by atoms with E-state index in [9.17, 15) is 4.79 Å². The number of amides is 1. The molecule has 0 saturated heterocycles. The number of ether oxygens (including phenoxy) is 1. The van der Waals surface area contributed by atoms with Crippen LogP contribution in [0.25, 0.3) is 20.8 Å². The van der Waals surface area contributed by atoms with Crippen LogP contribution in [0.4, 0.5) is 5.69 Å². The van der Waals surface area contributed by atoms with E-state index in [0.29, 0.717) is 6.61 Å². The molecule has 0 radical (unpaired) electrons. The zero-order chi connectivity index (χ0) is 18.5. The van der Waals surface area contributed by atoms with Gasteiger partial charge in [-0.2, -0.15) is 0 Å². The minimum absolute atomic E-state index is 0.0838. The number of hydrogen-bond donors (Lipinski definition) is 1. The largest absolute Gasteiger partial charge is 0.493 e. The highest BCUT2D eigenvalue weighted by Gasteiger charge is 2.12. The van der Waals surface area contributed by atoms with Gasteiger partial charge in [-0.3, -0.25) is 4.79 Å². The number of rotatable bonds is 6.